The molecule has 3 rings (SSSR count). The van der Waals surface area contributed by atoms with Gasteiger partial charge < -0.3 is 9.88 Å². The molecule has 1 aromatic heterocycles. The number of nitrogens with one attached hydrogen (secondary N) is 1. The van der Waals surface area contributed by atoms with E-state index in [1.807, 2.05) is 0 Å². The Labute approximate surface area is 163 Å². The molecule has 1 aliphatic heterocycles. The van der Waals surface area contributed by atoms with Crippen molar-refractivity contribution in [3.05, 3.63) is 52.3 Å². The lowest BCUT2D eigenvalue weighted by atomic mass is 10.2. The number of aryl methyl sites for hydroxylation is 1. The molecule has 10 heteroatoms. The molecule has 0 atom stereocenters. The van der Waals surface area contributed by atoms with Crippen LogP contribution in [0.3, 0.4) is 0 Å². The number of hydrogen-bond acceptors (Lipinski definition) is 5. The lowest BCUT2D eigenvalue weighted by Crippen LogP contribution is -2.31. The largest absolute Gasteiger partial charge is 0.340 e. The quantitative estimate of drug-likeness (QED) is 0.606. The second-order valence-corrected chi connectivity index (χ2v) is 8.69. The Morgan fingerprint density at radius 3 is 2.25 bits per heavy atom. The number of nitro groups is 1. The van der Waals surface area contributed by atoms with E-state index in [9.17, 15) is 23.3 Å². The van der Waals surface area contributed by atoms with Crippen LogP contribution in [0.4, 0.5) is 11.4 Å². The van der Waals surface area contributed by atoms with Crippen molar-refractivity contribution in [1.29, 1.82) is 0 Å². The Morgan fingerprint density at radius 1 is 1.11 bits per heavy atom. The summed E-state index contributed by atoms with van der Waals surface area (Å²) >= 11 is 0. The minimum absolute atomic E-state index is 0.132. The van der Waals surface area contributed by atoms with Crippen molar-refractivity contribution >= 4 is 27.3 Å². The first-order valence-electron chi connectivity index (χ1n) is 9.01. The summed E-state index contributed by atoms with van der Waals surface area (Å²) in [6.45, 7) is 1.04. The number of sulfonamides is 1. The second-order valence-electron chi connectivity index (χ2n) is 6.75. The van der Waals surface area contributed by atoms with Crippen LogP contribution < -0.4 is 5.32 Å². The van der Waals surface area contributed by atoms with E-state index < -0.39 is 20.9 Å². The van der Waals surface area contributed by atoms with Gasteiger partial charge in [0, 0.05) is 31.9 Å². The summed E-state index contributed by atoms with van der Waals surface area (Å²) < 4.78 is 28.4. The Hall–Kier alpha value is -2.72. The Kier molecular flexibility index (Phi) is 5.80. The second kappa shape index (κ2) is 8.11. The SMILES string of the molecule is Cn1cc([N+](=O)[O-])cc1C(=O)Nc1ccc(S(=O)(=O)N2CCCCCC2)cc1. The fraction of sp³-hybridized carbons (Fsp3) is 0.389. The predicted molar refractivity (Wildman–Crippen MR) is 104 cm³/mol. The van der Waals surface area contributed by atoms with Crippen LogP contribution in [0.15, 0.2) is 41.4 Å². The molecule has 1 saturated heterocycles. The van der Waals surface area contributed by atoms with Crippen molar-refractivity contribution in [2.75, 3.05) is 18.4 Å². The number of amides is 1. The zero-order valence-corrected chi connectivity index (χ0v) is 16.3. The molecule has 1 aromatic carbocycles. The summed E-state index contributed by atoms with van der Waals surface area (Å²) in [6, 6.07) is 7.14. The van der Waals surface area contributed by atoms with E-state index in [2.05, 4.69) is 5.32 Å². The number of aromatic nitrogens is 1. The number of nitrogens with zero attached hydrogens (tertiary/aromatic N) is 3. The number of benzene rings is 1. The molecular weight excluding hydrogens is 384 g/mol. The smallest absolute Gasteiger partial charge is 0.287 e. The number of hydrogen-bond donors (Lipinski definition) is 1. The summed E-state index contributed by atoms with van der Waals surface area (Å²) in [5.74, 6) is -0.515. The summed E-state index contributed by atoms with van der Waals surface area (Å²) in [5, 5.41) is 13.5. The summed E-state index contributed by atoms with van der Waals surface area (Å²) in [7, 11) is -2.01. The maximum atomic E-state index is 12.8. The van der Waals surface area contributed by atoms with Gasteiger partial charge in [0.2, 0.25) is 10.0 Å². The fourth-order valence-electron chi connectivity index (χ4n) is 3.21. The van der Waals surface area contributed by atoms with Gasteiger partial charge in [-0.2, -0.15) is 4.31 Å². The van der Waals surface area contributed by atoms with Crippen molar-refractivity contribution in [3.63, 3.8) is 0 Å². The van der Waals surface area contributed by atoms with Crippen LogP contribution in [-0.4, -0.2) is 41.2 Å². The first kappa shape index (κ1) is 20.0. The number of carbonyl (C=O) groups excluding carboxylic acids is 1. The van der Waals surface area contributed by atoms with E-state index >= 15 is 0 Å². The van der Waals surface area contributed by atoms with Gasteiger partial charge in [-0.1, -0.05) is 12.8 Å². The molecule has 28 heavy (non-hydrogen) atoms. The lowest BCUT2D eigenvalue weighted by molar-refractivity contribution is -0.384. The monoisotopic (exact) mass is 406 g/mol. The molecule has 0 aliphatic carbocycles. The molecule has 0 saturated carbocycles. The zero-order chi connectivity index (χ0) is 20.3. The highest BCUT2D eigenvalue weighted by Crippen LogP contribution is 2.22. The van der Waals surface area contributed by atoms with Gasteiger partial charge in [0.25, 0.3) is 11.6 Å². The summed E-state index contributed by atoms with van der Waals surface area (Å²) in [5.41, 5.74) is 0.364. The van der Waals surface area contributed by atoms with E-state index in [-0.39, 0.29) is 16.3 Å². The highest BCUT2D eigenvalue weighted by atomic mass is 32.2. The van der Waals surface area contributed by atoms with Crippen molar-refractivity contribution in [2.24, 2.45) is 7.05 Å². The third-order valence-electron chi connectivity index (χ3n) is 4.75. The highest BCUT2D eigenvalue weighted by Gasteiger charge is 2.25. The Balaban J connectivity index is 1.73. The molecule has 0 bridgehead atoms. The van der Waals surface area contributed by atoms with Gasteiger partial charge in [-0.25, -0.2) is 8.42 Å². The van der Waals surface area contributed by atoms with Crippen LogP contribution in [0.1, 0.15) is 36.2 Å². The predicted octanol–water partition coefficient (Wildman–Crippen LogP) is 2.75. The summed E-state index contributed by atoms with van der Waals surface area (Å²) in [4.78, 5) is 22.8. The fourth-order valence-corrected chi connectivity index (χ4v) is 4.73. The third-order valence-corrected chi connectivity index (χ3v) is 6.66. The molecular formula is C18H22N4O5S. The van der Waals surface area contributed by atoms with Gasteiger partial charge in [0.05, 0.1) is 16.0 Å². The highest BCUT2D eigenvalue weighted by molar-refractivity contribution is 7.89. The first-order valence-corrected chi connectivity index (χ1v) is 10.5. The van der Waals surface area contributed by atoms with Gasteiger partial charge in [-0.3, -0.25) is 14.9 Å². The van der Waals surface area contributed by atoms with E-state index in [4.69, 9.17) is 0 Å². The molecule has 1 fully saturated rings. The molecule has 0 radical (unpaired) electrons. The van der Waals surface area contributed by atoms with Crippen LogP contribution in [0.2, 0.25) is 0 Å². The molecule has 2 heterocycles. The molecule has 9 nitrogen and oxygen atoms in total. The minimum atomic E-state index is -3.55. The van der Waals surface area contributed by atoms with Crippen molar-refractivity contribution in [2.45, 2.75) is 30.6 Å². The molecule has 1 aliphatic rings. The molecule has 150 valence electrons. The Bertz CT molecular complexity index is 974. The van der Waals surface area contributed by atoms with Crippen molar-refractivity contribution in [1.82, 2.24) is 8.87 Å². The molecule has 0 spiro atoms. The van der Waals surface area contributed by atoms with E-state index in [0.29, 0.717) is 18.8 Å². The van der Waals surface area contributed by atoms with Crippen LogP contribution in [-0.2, 0) is 17.1 Å². The van der Waals surface area contributed by atoms with Crippen LogP contribution in [0.25, 0.3) is 0 Å². The first-order chi connectivity index (χ1) is 13.3. The van der Waals surface area contributed by atoms with Gasteiger partial charge >= 0.3 is 0 Å². The third kappa shape index (κ3) is 4.23. The number of anilines is 1. The maximum Gasteiger partial charge on any atom is 0.287 e. The van der Waals surface area contributed by atoms with Crippen LogP contribution >= 0.6 is 0 Å². The number of carbonyl (C=O) groups is 1. The standard InChI is InChI=1S/C18H22N4O5S/c1-20-13-15(22(24)25)12-17(20)18(23)19-14-6-8-16(9-7-14)28(26,27)21-10-4-2-3-5-11-21/h6-9,12-13H,2-5,10-11H2,1H3,(H,19,23). The summed E-state index contributed by atoms with van der Waals surface area (Å²) in [6.07, 6.45) is 5.04. The molecule has 0 unspecified atom stereocenters. The van der Waals surface area contributed by atoms with E-state index in [1.165, 1.54) is 45.4 Å². The minimum Gasteiger partial charge on any atom is -0.340 e. The van der Waals surface area contributed by atoms with Gasteiger partial charge in [-0.15, -0.1) is 0 Å². The number of rotatable bonds is 5. The molecule has 1 amide bonds. The van der Waals surface area contributed by atoms with E-state index in [1.54, 1.807) is 7.05 Å². The molecule has 1 N–H and O–H groups in total. The average molecular weight is 406 g/mol. The van der Waals surface area contributed by atoms with Crippen LogP contribution in [0, 0.1) is 10.1 Å². The lowest BCUT2D eigenvalue weighted by Gasteiger charge is -2.20. The van der Waals surface area contributed by atoms with Crippen LogP contribution in [0.5, 0.6) is 0 Å². The van der Waals surface area contributed by atoms with Gasteiger partial charge in [-0.05, 0) is 37.1 Å². The van der Waals surface area contributed by atoms with E-state index in [0.717, 1.165) is 25.7 Å². The van der Waals surface area contributed by atoms with Gasteiger partial charge in [0.15, 0.2) is 0 Å². The maximum absolute atomic E-state index is 12.8. The average Bonchev–Trinajstić information content (AvgIpc) is 2.87. The topological polar surface area (TPSA) is 115 Å². The van der Waals surface area contributed by atoms with Gasteiger partial charge in [0.1, 0.15) is 5.69 Å². The molecule has 2 aromatic rings. The normalized spacial score (nSPS) is 15.8. The Morgan fingerprint density at radius 2 is 1.71 bits per heavy atom. The zero-order valence-electron chi connectivity index (χ0n) is 15.5. The van der Waals surface area contributed by atoms with Crippen molar-refractivity contribution < 1.29 is 18.1 Å². The van der Waals surface area contributed by atoms with Crippen molar-refractivity contribution in [3.8, 4) is 0 Å².